The van der Waals surface area contributed by atoms with Gasteiger partial charge in [-0.1, -0.05) is 6.58 Å². The fraction of sp³-hybridized carbons (Fsp3) is 0.571. The van der Waals surface area contributed by atoms with E-state index in [0.717, 1.165) is 13.8 Å². The third-order valence-electron chi connectivity index (χ3n) is 2.23. The number of hydrogen-bond donors (Lipinski definition) is 3. The van der Waals surface area contributed by atoms with Gasteiger partial charge in [0.25, 0.3) is 20.2 Å². The van der Waals surface area contributed by atoms with E-state index >= 15 is 0 Å². The van der Waals surface area contributed by atoms with Gasteiger partial charge in [-0.3, -0.25) is 13.9 Å². The van der Waals surface area contributed by atoms with Crippen LogP contribution in [0, 0.1) is 0 Å². The lowest BCUT2D eigenvalue weighted by atomic mass is 10.0. The van der Waals surface area contributed by atoms with E-state index in [2.05, 4.69) is 6.58 Å². The maximum absolute atomic E-state index is 11.1. The normalized spacial score (nSPS) is 15.3. The molecule has 0 aromatic heterocycles. The predicted octanol–water partition coefficient (Wildman–Crippen LogP) is -1.05. The number of amides is 1. The van der Waals surface area contributed by atoms with Crippen molar-refractivity contribution < 1.29 is 30.7 Å². The zero-order valence-corrected chi connectivity index (χ0v) is 10.7. The van der Waals surface area contributed by atoms with Crippen molar-refractivity contribution in [1.82, 2.24) is 0 Å². The average Bonchev–Trinajstić information content (AvgIpc) is 1.97. The summed E-state index contributed by atoms with van der Waals surface area (Å²) < 4.78 is 59.7. The Morgan fingerprint density at radius 3 is 1.76 bits per heavy atom. The van der Waals surface area contributed by atoms with E-state index in [1.54, 1.807) is 0 Å². The van der Waals surface area contributed by atoms with Crippen LogP contribution in [0.3, 0.4) is 0 Å². The molecule has 0 heterocycles. The van der Waals surface area contributed by atoms with E-state index in [0.29, 0.717) is 0 Å². The summed E-state index contributed by atoms with van der Waals surface area (Å²) in [7, 11) is -9.86. The molecule has 0 aliphatic heterocycles. The minimum Gasteiger partial charge on any atom is -0.366 e. The topological polar surface area (TPSA) is 152 Å². The highest BCUT2D eigenvalue weighted by Gasteiger charge is 2.50. The first-order valence-corrected chi connectivity index (χ1v) is 7.09. The number of nitrogens with two attached hydrogens (primary N) is 1. The Hall–Kier alpha value is -0.970. The third kappa shape index (κ3) is 3.25. The van der Waals surface area contributed by atoms with Gasteiger partial charge in [0.1, 0.15) is 10.00 Å². The number of hydrogen-bond acceptors (Lipinski definition) is 5. The van der Waals surface area contributed by atoms with Crippen molar-refractivity contribution in [2.45, 2.75) is 23.8 Å². The van der Waals surface area contributed by atoms with Crippen LogP contribution in [0.2, 0.25) is 0 Å². The number of carbonyl (C=O) groups is 1. The highest BCUT2D eigenvalue weighted by molar-refractivity contribution is 7.91. The van der Waals surface area contributed by atoms with E-state index in [1.165, 1.54) is 0 Å². The maximum Gasteiger partial charge on any atom is 0.273 e. The van der Waals surface area contributed by atoms with Gasteiger partial charge in [0.2, 0.25) is 5.91 Å². The van der Waals surface area contributed by atoms with Gasteiger partial charge in [-0.05, 0) is 13.8 Å². The lowest BCUT2D eigenvalue weighted by Crippen LogP contribution is -2.50. The Morgan fingerprint density at radius 2 is 1.59 bits per heavy atom. The molecule has 10 heteroatoms. The molecule has 4 N–H and O–H groups in total. The van der Waals surface area contributed by atoms with Crippen molar-refractivity contribution in [3.63, 3.8) is 0 Å². The molecule has 1 amide bonds. The van der Waals surface area contributed by atoms with Crippen LogP contribution in [0.15, 0.2) is 12.2 Å². The number of rotatable bonds is 5. The first-order valence-electron chi connectivity index (χ1n) is 4.15. The van der Waals surface area contributed by atoms with Crippen molar-refractivity contribution >= 4 is 26.1 Å². The van der Waals surface area contributed by atoms with Crippen LogP contribution in [-0.4, -0.2) is 41.8 Å². The lowest BCUT2D eigenvalue weighted by Gasteiger charge is -2.29. The lowest BCUT2D eigenvalue weighted by molar-refractivity contribution is -0.114. The molecule has 1 atom stereocenters. The van der Waals surface area contributed by atoms with Crippen LogP contribution in [0.25, 0.3) is 0 Å². The summed E-state index contributed by atoms with van der Waals surface area (Å²) >= 11 is 0. The maximum atomic E-state index is 11.1. The van der Waals surface area contributed by atoms with Crippen molar-refractivity contribution in [3.05, 3.63) is 12.2 Å². The zero-order chi connectivity index (χ0) is 14.2. The van der Waals surface area contributed by atoms with Crippen molar-refractivity contribution in [3.8, 4) is 0 Å². The molecular weight excluding hydrogens is 274 g/mol. The molecule has 0 saturated carbocycles. The molecule has 0 aromatic rings. The van der Waals surface area contributed by atoms with Gasteiger partial charge in [0.05, 0.1) is 0 Å². The Morgan fingerprint density at radius 1 is 1.24 bits per heavy atom. The molecule has 0 aliphatic rings. The second-order valence-electron chi connectivity index (χ2n) is 3.86. The summed E-state index contributed by atoms with van der Waals surface area (Å²) in [4.78, 5) is 10.8. The highest BCUT2D eigenvalue weighted by Crippen LogP contribution is 2.29. The van der Waals surface area contributed by atoms with Crippen molar-refractivity contribution in [2.75, 3.05) is 0 Å². The van der Waals surface area contributed by atoms with Crippen LogP contribution in [0.5, 0.6) is 0 Å². The third-order valence-corrected chi connectivity index (χ3v) is 5.41. The van der Waals surface area contributed by atoms with Gasteiger partial charge >= 0.3 is 0 Å². The van der Waals surface area contributed by atoms with E-state index in [-0.39, 0.29) is 0 Å². The first kappa shape index (κ1) is 16.0. The summed E-state index contributed by atoms with van der Waals surface area (Å²) in [6.07, 6.45) is 0. The van der Waals surface area contributed by atoms with Gasteiger partial charge in [-0.25, -0.2) is 0 Å². The van der Waals surface area contributed by atoms with Gasteiger partial charge in [-0.15, -0.1) is 0 Å². The highest BCUT2D eigenvalue weighted by atomic mass is 32.2. The Balaban J connectivity index is 6.04. The molecule has 17 heavy (non-hydrogen) atoms. The quantitative estimate of drug-likeness (QED) is 0.431. The fourth-order valence-corrected chi connectivity index (χ4v) is 3.56. The number of carbonyl (C=O) groups excluding carboxylic acids is 1. The van der Waals surface area contributed by atoms with Gasteiger partial charge in [0, 0.05) is 5.57 Å². The monoisotopic (exact) mass is 287 g/mol. The van der Waals surface area contributed by atoms with Crippen LogP contribution >= 0.6 is 0 Å². The second-order valence-corrected chi connectivity index (χ2v) is 7.37. The summed E-state index contributed by atoms with van der Waals surface area (Å²) in [5.41, 5.74) is 3.95. The molecule has 0 aromatic carbocycles. The molecule has 1 unspecified atom stereocenters. The molecule has 8 nitrogen and oxygen atoms in total. The fourth-order valence-electron chi connectivity index (χ4n) is 1.22. The Kier molecular flexibility index (Phi) is 4.12. The van der Waals surface area contributed by atoms with Crippen LogP contribution in [-0.2, 0) is 25.0 Å². The van der Waals surface area contributed by atoms with Gasteiger partial charge in [-0.2, -0.15) is 16.8 Å². The summed E-state index contributed by atoms with van der Waals surface area (Å²) in [6.45, 7) is 4.64. The molecule has 0 fully saturated rings. The molecule has 100 valence electrons. The van der Waals surface area contributed by atoms with E-state index < -0.39 is 41.7 Å². The van der Waals surface area contributed by atoms with Gasteiger partial charge in [0.15, 0.2) is 0 Å². The average molecular weight is 287 g/mol. The number of primary amides is 1. The Bertz CT molecular complexity index is 543. The second kappa shape index (κ2) is 4.37. The van der Waals surface area contributed by atoms with Gasteiger partial charge < -0.3 is 5.73 Å². The van der Waals surface area contributed by atoms with Crippen molar-refractivity contribution in [1.29, 1.82) is 0 Å². The molecule has 0 aliphatic carbocycles. The zero-order valence-electron chi connectivity index (χ0n) is 9.11. The van der Waals surface area contributed by atoms with E-state index in [4.69, 9.17) is 14.8 Å². The predicted molar refractivity (Wildman–Crippen MR) is 59.3 cm³/mol. The minimum atomic E-state index is -4.99. The minimum absolute atomic E-state index is 0.814. The molecule has 0 bridgehead atoms. The van der Waals surface area contributed by atoms with Crippen molar-refractivity contribution in [2.24, 2.45) is 5.73 Å². The van der Waals surface area contributed by atoms with Crippen LogP contribution < -0.4 is 5.73 Å². The Labute approximate surface area is 99.0 Å². The smallest absolute Gasteiger partial charge is 0.273 e. The largest absolute Gasteiger partial charge is 0.366 e. The summed E-state index contributed by atoms with van der Waals surface area (Å²) in [5, 5.41) is -2.25. The molecule has 0 radical (unpaired) electrons. The standard InChI is InChI=1S/C7H13NO7S2/c1-4(6(8)9)5(16(10,11)12)7(2,3)17(13,14)15/h5H,1H2,2-3H3,(H2,8,9)(H,10,11,12)(H,13,14,15). The van der Waals surface area contributed by atoms with E-state index in [9.17, 15) is 21.6 Å². The van der Waals surface area contributed by atoms with E-state index in [1.807, 2.05) is 0 Å². The van der Waals surface area contributed by atoms with Crippen LogP contribution in [0.1, 0.15) is 13.8 Å². The SMILES string of the molecule is C=C(C(N)=O)C(C(C)(C)S(=O)(=O)O)S(=O)(=O)O. The molecule has 0 rings (SSSR count). The summed E-state index contributed by atoms with van der Waals surface area (Å²) in [6, 6.07) is 0. The molecular formula is C7H13NO7S2. The summed E-state index contributed by atoms with van der Waals surface area (Å²) in [5.74, 6) is -1.30. The molecule has 0 saturated heterocycles. The first-order chi connectivity index (χ1) is 7.23. The molecule has 0 spiro atoms. The van der Waals surface area contributed by atoms with Crippen LogP contribution in [0.4, 0.5) is 0 Å².